The number of aromatic nitrogens is 1. The summed E-state index contributed by atoms with van der Waals surface area (Å²) in [6.45, 7) is 3.18. The molecule has 2 aromatic rings. The number of carbonyl (C=O) groups excluding carboxylic acids is 1. The molecule has 1 atom stereocenters. The molecule has 1 N–H and O–H groups in total. The first-order chi connectivity index (χ1) is 10.3. The molecule has 2 heterocycles. The smallest absolute Gasteiger partial charge is 0.248 e. The van der Waals surface area contributed by atoms with Crippen molar-refractivity contribution in [3.63, 3.8) is 0 Å². The van der Waals surface area contributed by atoms with Crippen LogP contribution < -0.4 is 5.32 Å². The van der Waals surface area contributed by atoms with Gasteiger partial charge in [-0.1, -0.05) is 38.0 Å². The predicted molar refractivity (Wildman–Crippen MR) is 86.8 cm³/mol. The van der Waals surface area contributed by atoms with Crippen molar-refractivity contribution < 1.29 is 4.79 Å². The van der Waals surface area contributed by atoms with Crippen molar-refractivity contribution in [2.24, 2.45) is 0 Å². The number of rotatable bonds is 5. The molecule has 0 saturated carbocycles. The number of hydrogen-bond acceptors (Lipinski definition) is 2. The summed E-state index contributed by atoms with van der Waals surface area (Å²) in [5.41, 5.74) is 2.37. The molecule has 0 amide bonds. The van der Waals surface area contributed by atoms with E-state index in [-0.39, 0.29) is 11.9 Å². The van der Waals surface area contributed by atoms with E-state index in [4.69, 9.17) is 0 Å². The molecule has 0 spiro atoms. The summed E-state index contributed by atoms with van der Waals surface area (Å²) in [6.07, 6.45) is 8.85. The van der Waals surface area contributed by atoms with Crippen LogP contribution in [0.15, 0.2) is 30.5 Å². The first-order valence-electron chi connectivity index (χ1n) is 8.18. The van der Waals surface area contributed by atoms with E-state index in [1.165, 1.54) is 30.2 Å². The summed E-state index contributed by atoms with van der Waals surface area (Å²) >= 11 is 0. The van der Waals surface area contributed by atoms with Crippen LogP contribution in [0.2, 0.25) is 0 Å². The van der Waals surface area contributed by atoms with Gasteiger partial charge in [-0.15, -0.1) is 0 Å². The first kappa shape index (κ1) is 14.3. The summed E-state index contributed by atoms with van der Waals surface area (Å²) in [5.74, 6) is 0.199. The Balaban J connectivity index is 1.92. The Morgan fingerprint density at radius 1 is 1.33 bits per heavy atom. The van der Waals surface area contributed by atoms with Crippen LogP contribution >= 0.6 is 0 Å². The summed E-state index contributed by atoms with van der Waals surface area (Å²) in [4.78, 5) is 12.7. The molecule has 3 nitrogen and oxygen atoms in total. The Hall–Kier alpha value is -1.61. The lowest BCUT2D eigenvalue weighted by molar-refractivity contribution is 0.0875. The van der Waals surface area contributed by atoms with Gasteiger partial charge in [-0.2, -0.15) is 0 Å². The van der Waals surface area contributed by atoms with Crippen molar-refractivity contribution in [3.05, 3.63) is 36.0 Å². The van der Waals surface area contributed by atoms with Crippen LogP contribution in [0.4, 0.5) is 0 Å². The fraction of sp³-hybridized carbons (Fsp3) is 0.500. The summed E-state index contributed by atoms with van der Waals surface area (Å²) in [5, 5.41) is 4.55. The third kappa shape index (κ3) is 2.88. The van der Waals surface area contributed by atoms with Gasteiger partial charge in [-0.25, -0.2) is 0 Å². The molecule has 21 heavy (non-hydrogen) atoms. The number of nitrogens with one attached hydrogen (secondary N) is 1. The normalized spacial score (nSPS) is 18.4. The standard InChI is InChI=1S/C18H24N2O/c1-2-3-4-8-14-13-20(17-11-6-5-9-15(14)17)18(21)16-10-7-12-19-16/h5-6,9,11,13,16,19H,2-4,7-8,10,12H2,1H3/t16-/m0/s1. The number of carbonyl (C=O) groups is 1. The Bertz CT molecular complexity index is 623. The Morgan fingerprint density at radius 2 is 2.19 bits per heavy atom. The van der Waals surface area contributed by atoms with Crippen LogP contribution in [0.3, 0.4) is 0 Å². The number of benzene rings is 1. The van der Waals surface area contributed by atoms with E-state index in [0.29, 0.717) is 0 Å². The van der Waals surface area contributed by atoms with Gasteiger partial charge in [0.05, 0.1) is 11.6 Å². The van der Waals surface area contributed by atoms with E-state index < -0.39 is 0 Å². The largest absolute Gasteiger partial charge is 0.306 e. The molecule has 1 aromatic carbocycles. The van der Waals surface area contributed by atoms with Gasteiger partial charge in [0.15, 0.2) is 0 Å². The molecule has 1 aliphatic rings. The molecule has 0 aliphatic carbocycles. The van der Waals surface area contributed by atoms with Gasteiger partial charge in [-0.05, 0) is 43.9 Å². The Morgan fingerprint density at radius 3 is 2.95 bits per heavy atom. The van der Waals surface area contributed by atoms with E-state index in [1.54, 1.807) is 0 Å². The van der Waals surface area contributed by atoms with E-state index in [9.17, 15) is 4.79 Å². The quantitative estimate of drug-likeness (QED) is 0.848. The second kappa shape index (κ2) is 6.44. The van der Waals surface area contributed by atoms with Crippen molar-refractivity contribution in [2.75, 3.05) is 6.54 Å². The van der Waals surface area contributed by atoms with Crippen LogP contribution in [0.5, 0.6) is 0 Å². The molecular formula is C18H24N2O. The lowest BCUT2D eigenvalue weighted by Crippen LogP contribution is -2.34. The van der Waals surface area contributed by atoms with Gasteiger partial charge in [0.25, 0.3) is 0 Å². The second-order valence-electron chi connectivity index (χ2n) is 5.99. The van der Waals surface area contributed by atoms with Gasteiger partial charge in [0.2, 0.25) is 5.91 Å². The molecule has 1 aliphatic heterocycles. The molecule has 1 fully saturated rings. The first-order valence-corrected chi connectivity index (χ1v) is 8.18. The van der Waals surface area contributed by atoms with Crippen LogP contribution in [-0.2, 0) is 6.42 Å². The Labute approximate surface area is 126 Å². The van der Waals surface area contributed by atoms with Gasteiger partial charge in [-0.3, -0.25) is 9.36 Å². The molecule has 1 aromatic heterocycles. The molecule has 0 bridgehead atoms. The molecule has 3 rings (SSSR count). The van der Waals surface area contributed by atoms with Crippen LogP contribution in [0, 0.1) is 0 Å². The minimum Gasteiger partial charge on any atom is -0.306 e. The van der Waals surface area contributed by atoms with Gasteiger partial charge in [0.1, 0.15) is 0 Å². The second-order valence-corrected chi connectivity index (χ2v) is 5.99. The van der Waals surface area contributed by atoms with Crippen LogP contribution in [0.1, 0.15) is 49.4 Å². The zero-order valence-electron chi connectivity index (χ0n) is 12.8. The highest BCUT2D eigenvalue weighted by Gasteiger charge is 2.25. The van der Waals surface area contributed by atoms with Crippen molar-refractivity contribution >= 4 is 16.8 Å². The molecule has 112 valence electrons. The summed E-state index contributed by atoms with van der Waals surface area (Å²) in [6, 6.07) is 8.27. The number of fused-ring (bicyclic) bond motifs is 1. The highest BCUT2D eigenvalue weighted by Crippen LogP contribution is 2.24. The van der Waals surface area contributed by atoms with E-state index >= 15 is 0 Å². The minimum absolute atomic E-state index is 0.00991. The monoisotopic (exact) mass is 284 g/mol. The highest BCUT2D eigenvalue weighted by atomic mass is 16.2. The van der Waals surface area contributed by atoms with Crippen molar-refractivity contribution in [3.8, 4) is 0 Å². The molecule has 1 saturated heterocycles. The zero-order chi connectivity index (χ0) is 14.7. The van der Waals surface area contributed by atoms with Gasteiger partial charge in [0, 0.05) is 11.6 Å². The molecule has 0 unspecified atom stereocenters. The molecule has 0 radical (unpaired) electrons. The number of aryl methyl sites for hydroxylation is 1. The maximum Gasteiger partial charge on any atom is 0.248 e. The average Bonchev–Trinajstić information content (AvgIpc) is 3.15. The zero-order valence-corrected chi connectivity index (χ0v) is 12.8. The molecule has 3 heteroatoms. The highest BCUT2D eigenvalue weighted by molar-refractivity contribution is 5.96. The summed E-state index contributed by atoms with van der Waals surface area (Å²) < 4.78 is 1.87. The fourth-order valence-electron chi connectivity index (χ4n) is 3.26. The number of unbranched alkanes of at least 4 members (excludes halogenated alkanes) is 2. The van der Waals surface area contributed by atoms with Gasteiger partial charge >= 0.3 is 0 Å². The minimum atomic E-state index is -0.00991. The molecular weight excluding hydrogens is 260 g/mol. The lowest BCUT2D eigenvalue weighted by Gasteiger charge is -2.10. The predicted octanol–water partition coefficient (Wildman–Crippen LogP) is 3.77. The summed E-state index contributed by atoms with van der Waals surface area (Å²) in [7, 11) is 0. The van der Waals surface area contributed by atoms with E-state index in [0.717, 1.165) is 31.3 Å². The topological polar surface area (TPSA) is 34.0 Å². The number of nitrogens with zero attached hydrogens (tertiary/aromatic N) is 1. The third-order valence-corrected chi connectivity index (χ3v) is 4.44. The third-order valence-electron chi connectivity index (χ3n) is 4.44. The number of hydrogen-bond donors (Lipinski definition) is 1. The maximum atomic E-state index is 12.7. The lowest BCUT2D eigenvalue weighted by atomic mass is 10.1. The van der Waals surface area contributed by atoms with E-state index in [1.807, 2.05) is 10.6 Å². The fourth-order valence-corrected chi connectivity index (χ4v) is 3.26. The van der Waals surface area contributed by atoms with Crippen molar-refractivity contribution in [1.82, 2.24) is 9.88 Å². The van der Waals surface area contributed by atoms with Crippen molar-refractivity contribution in [2.45, 2.75) is 51.5 Å². The Kier molecular flexibility index (Phi) is 4.39. The van der Waals surface area contributed by atoms with Crippen LogP contribution in [-0.4, -0.2) is 23.1 Å². The van der Waals surface area contributed by atoms with Crippen LogP contribution in [0.25, 0.3) is 10.9 Å². The SMILES string of the molecule is CCCCCc1cn(C(=O)[C@@H]2CCCN2)c2ccccc12. The van der Waals surface area contributed by atoms with Crippen molar-refractivity contribution in [1.29, 1.82) is 0 Å². The van der Waals surface area contributed by atoms with Gasteiger partial charge < -0.3 is 5.32 Å². The average molecular weight is 284 g/mol. The maximum absolute atomic E-state index is 12.7. The number of para-hydroxylation sites is 1. The van der Waals surface area contributed by atoms with E-state index in [2.05, 4.69) is 36.6 Å².